The fourth-order valence-electron chi connectivity index (χ4n) is 1.71. The molecule has 0 aromatic heterocycles. The quantitative estimate of drug-likeness (QED) is 0.485. The summed E-state index contributed by atoms with van der Waals surface area (Å²) >= 11 is 23.6. The van der Waals surface area contributed by atoms with Gasteiger partial charge in [0.05, 0.1) is 23.3 Å². The molecule has 0 heterocycles. The zero-order valence-electron chi connectivity index (χ0n) is 12.2. The number of amides is 1. The number of rotatable bonds is 6. The predicted octanol–water partition coefficient (Wildman–Crippen LogP) is 5.83. The lowest BCUT2D eigenvalue weighted by Gasteiger charge is -2.06. The SMILES string of the molecule is O=C(C/C=N\OCc1ccc(Cl)cc1Cl)Nc1ccc(Cl)cc1Cl. The minimum absolute atomic E-state index is 0.0350. The first-order chi connectivity index (χ1) is 11.5. The highest BCUT2D eigenvalue weighted by Crippen LogP contribution is 2.25. The third kappa shape index (κ3) is 5.87. The minimum Gasteiger partial charge on any atom is -0.391 e. The number of nitrogens with zero attached hydrogens (tertiary/aromatic N) is 1. The van der Waals surface area contributed by atoms with Gasteiger partial charge in [0.15, 0.2) is 0 Å². The van der Waals surface area contributed by atoms with Gasteiger partial charge in [0.1, 0.15) is 6.61 Å². The van der Waals surface area contributed by atoms with Gasteiger partial charge in [-0.2, -0.15) is 0 Å². The van der Waals surface area contributed by atoms with Crippen molar-refractivity contribution in [1.82, 2.24) is 0 Å². The van der Waals surface area contributed by atoms with Crippen molar-refractivity contribution in [2.24, 2.45) is 5.16 Å². The number of hydrogen-bond donors (Lipinski definition) is 1. The Labute approximate surface area is 159 Å². The molecule has 2 aromatic carbocycles. The van der Waals surface area contributed by atoms with E-state index in [-0.39, 0.29) is 18.9 Å². The van der Waals surface area contributed by atoms with E-state index in [2.05, 4.69) is 10.5 Å². The van der Waals surface area contributed by atoms with Crippen LogP contribution in [0.3, 0.4) is 0 Å². The van der Waals surface area contributed by atoms with Crippen molar-refractivity contribution in [2.45, 2.75) is 13.0 Å². The molecule has 0 aliphatic rings. The maximum absolute atomic E-state index is 11.8. The maximum atomic E-state index is 11.8. The standard InChI is InChI=1S/C16H12Cl4N2O2/c17-11-2-1-10(13(19)7-11)9-24-21-6-5-16(23)22-15-4-3-12(18)8-14(15)20/h1-4,6-8H,5,9H2,(H,22,23)/b21-6-. The Hall–Kier alpha value is -1.46. The molecule has 0 aliphatic heterocycles. The van der Waals surface area contributed by atoms with E-state index >= 15 is 0 Å². The van der Waals surface area contributed by atoms with E-state index < -0.39 is 0 Å². The van der Waals surface area contributed by atoms with E-state index in [0.717, 1.165) is 5.56 Å². The summed E-state index contributed by atoms with van der Waals surface area (Å²) in [5.41, 5.74) is 1.23. The molecular formula is C16H12Cl4N2O2. The minimum atomic E-state index is -0.281. The van der Waals surface area contributed by atoms with Crippen LogP contribution in [0.2, 0.25) is 20.1 Å². The van der Waals surface area contributed by atoms with Gasteiger partial charge in [0.25, 0.3) is 0 Å². The lowest BCUT2D eigenvalue weighted by molar-refractivity contribution is -0.115. The second-order valence-electron chi connectivity index (χ2n) is 4.67. The summed E-state index contributed by atoms with van der Waals surface area (Å²) in [5.74, 6) is -0.281. The van der Waals surface area contributed by atoms with Gasteiger partial charge >= 0.3 is 0 Å². The van der Waals surface area contributed by atoms with Crippen molar-refractivity contribution in [3.8, 4) is 0 Å². The van der Waals surface area contributed by atoms with Gasteiger partial charge in [-0.1, -0.05) is 57.6 Å². The van der Waals surface area contributed by atoms with Crippen LogP contribution in [0.1, 0.15) is 12.0 Å². The monoisotopic (exact) mass is 404 g/mol. The Balaban J connectivity index is 1.78. The lowest BCUT2D eigenvalue weighted by Crippen LogP contribution is -2.12. The van der Waals surface area contributed by atoms with Gasteiger partial charge in [-0.05, 0) is 30.3 Å². The molecule has 0 bridgehead atoms. The van der Waals surface area contributed by atoms with Crippen molar-refractivity contribution < 1.29 is 9.63 Å². The van der Waals surface area contributed by atoms with Gasteiger partial charge < -0.3 is 10.2 Å². The molecule has 2 aromatic rings. The van der Waals surface area contributed by atoms with Gasteiger partial charge in [0.2, 0.25) is 5.91 Å². The molecule has 1 amide bonds. The molecule has 0 radical (unpaired) electrons. The molecule has 0 aliphatic carbocycles. The molecule has 0 spiro atoms. The van der Waals surface area contributed by atoms with Gasteiger partial charge in [0, 0.05) is 20.6 Å². The van der Waals surface area contributed by atoms with Crippen LogP contribution in [0, 0.1) is 0 Å². The summed E-state index contributed by atoms with van der Waals surface area (Å²) < 4.78 is 0. The van der Waals surface area contributed by atoms with Crippen molar-refractivity contribution in [3.63, 3.8) is 0 Å². The van der Waals surface area contributed by atoms with Crippen LogP contribution < -0.4 is 5.32 Å². The van der Waals surface area contributed by atoms with Crippen molar-refractivity contribution in [3.05, 3.63) is 62.1 Å². The van der Waals surface area contributed by atoms with Gasteiger partial charge in [-0.15, -0.1) is 0 Å². The molecule has 2 rings (SSSR count). The molecule has 0 saturated heterocycles. The number of oxime groups is 1. The number of carbonyl (C=O) groups excluding carboxylic acids is 1. The van der Waals surface area contributed by atoms with E-state index in [9.17, 15) is 4.79 Å². The fourth-order valence-corrected chi connectivity index (χ4v) is 2.63. The van der Waals surface area contributed by atoms with Crippen molar-refractivity contribution >= 4 is 64.2 Å². The van der Waals surface area contributed by atoms with Crippen LogP contribution in [-0.4, -0.2) is 12.1 Å². The van der Waals surface area contributed by atoms with E-state index in [0.29, 0.717) is 25.8 Å². The Morgan fingerprint density at radius 2 is 1.71 bits per heavy atom. The van der Waals surface area contributed by atoms with Crippen LogP contribution >= 0.6 is 46.4 Å². The largest absolute Gasteiger partial charge is 0.391 e. The van der Waals surface area contributed by atoms with Crippen molar-refractivity contribution in [1.29, 1.82) is 0 Å². The maximum Gasteiger partial charge on any atom is 0.229 e. The highest BCUT2D eigenvalue weighted by Gasteiger charge is 2.05. The normalized spacial score (nSPS) is 10.8. The third-order valence-electron chi connectivity index (χ3n) is 2.87. The summed E-state index contributed by atoms with van der Waals surface area (Å²) in [7, 11) is 0. The second-order valence-corrected chi connectivity index (χ2v) is 6.36. The summed E-state index contributed by atoms with van der Waals surface area (Å²) in [4.78, 5) is 16.9. The highest BCUT2D eigenvalue weighted by molar-refractivity contribution is 6.36. The summed E-state index contributed by atoms with van der Waals surface area (Å²) in [6.45, 7) is 0.178. The fraction of sp³-hybridized carbons (Fsp3) is 0.125. The molecule has 0 fully saturated rings. The topological polar surface area (TPSA) is 50.7 Å². The number of anilines is 1. The highest BCUT2D eigenvalue weighted by atomic mass is 35.5. The molecule has 4 nitrogen and oxygen atoms in total. The number of halogens is 4. The molecule has 8 heteroatoms. The summed E-state index contributed by atoms with van der Waals surface area (Å²) in [5, 5.41) is 8.26. The molecular weight excluding hydrogens is 394 g/mol. The first kappa shape index (κ1) is 18.9. The smallest absolute Gasteiger partial charge is 0.229 e. The van der Waals surface area contributed by atoms with Gasteiger partial charge in [-0.25, -0.2) is 0 Å². The Morgan fingerprint density at radius 1 is 1.04 bits per heavy atom. The molecule has 0 atom stereocenters. The second kappa shape index (κ2) is 9.14. The van der Waals surface area contributed by atoms with Crippen LogP contribution in [0.5, 0.6) is 0 Å². The average molecular weight is 406 g/mol. The molecule has 126 valence electrons. The van der Waals surface area contributed by atoms with E-state index in [4.69, 9.17) is 51.2 Å². The molecule has 1 N–H and O–H groups in total. The van der Waals surface area contributed by atoms with Crippen LogP contribution in [0.15, 0.2) is 41.6 Å². The summed E-state index contributed by atoms with van der Waals surface area (Å²) in [6, 6.07) is 9.88. The first-order valence-electron chi connectivity index (χ1n) is 6.78. The third-order valence-corrected chi connectivity index (χ3v) is 4.00. The average Bonchev–Trinajstić information content (AvgIpc) is 2.51. The lowest BCUT2D eigenvalue weighted by atomic mass is 10.2. The Kier molecular flexibility index (Phi) is 7.18. The molecule has 0 unspecified atom stereocenters. The number of hydrogen-bond acceptors (Lipinski definition) is 3. The predicted molar refractivity (Wildman–Crippen MR) is 99.5 cm³/mol. The zero-order valence-corrected chi connectivity index (χ0v) is 15.3. The first-order valence-corrected chi connectivity index (χ1v) is 8.29. The van der Waals surface area contributed by atoms with Crippen LogP contribution in [0.25, 0.3) is 0 Å². The van der Waals surface area contributed by atoms with Crippen LogP contribution in [-0.2, 0) is 16.2 Å². The molecule has 0 saturated carbocycles. The number of nitrogens with one attached hydrogen (secondary N) is 1. The number of benzene rings is 2. The van der Waals surface area contributed by atoms with E-state index in [1.807, 2.05) is 0 Å². The van der Waals surface area contributed by atoms with E-state index in [1.165, 1.54) is 6.21 Å². The summed E-state index contributed by atoms with van der Waals surface area (Å²) in [6.07, 6.45) is 1.39. The van der Waals surface area contributed by atoms with Crippen LogP contribution in [0.4, 0.5) is 5.69 Å². The van der Waals surface area contributed by atoms with Gasteiger partial charge in [-0.3, -0.25) is 4.79 Å². The Bertz CT molecular complexity index is 766. The van der Waals surface area contributed by atoms with E-state index in [1.54, 1.807) is 36.4 Å². The number of carbonyl (C=O) groups is 1. The Morgan fingerprint density at radius 3 is 2.38 bits per heavy atom. The zero-order chi connectivity index (χ0) is 17.5. The van der Waals surface area contributed by atoms with Crippen molar-refractivity contribution in [2.75, 3.05) is 5.32 Å². The molecule has 24 heavy (non-hydrogen) atoms.